The number of rotatable bonds is 8. The topological polar surface area (TPSA) is 50.8 Å². The van der Waals surface area contributed by atoms with Gasteiger partial charge in [0.05, 0.1) is 6.61 Å². The van der Waals surface area contributed by atoms with Crippen molar-refractivity contribution < 1.29 is 14.3 Å². The maximum absolute atomic E-state index is 11.9. The smallest absolute Gasteiger partial charge is 0.410 e. The molecule has 18 heavy (non-hydrogen) atoms. The molecule has 0 saturated carbocycles. The van der Waals surface area contributed by atoms with Crippen molar-refractivity contribution in [3.8, 4) is 0 Å². The van der Waals surface area contributed by atoms with E-state index in [0.717, 1.165) is 19.5 Å². The fourth-order valence-corrected chi connectivity index (χ4v) is 1.34. The van der Waals surface area contributed by atoms with Crippen LogP contribution >= 0.6 is 0 Å². The minimum Gasteiger partial charge on any atom is -0.444 e. The second-order valence-electron chi connectivity index (χ2n) is 5.21. The standard InChI is InChI=1S/C13H28N2O3/c1-6-7-14-8-9-15(10-11-17-5)12(16)18-13(2,3)4/h14H,6-11H2,1-5H3. The van der Waals surface area contributed by atoms with E-state index in [4.69, 9.17) is 9.47 Å². The number of methoxy groups -OCH3 is 1. The van der Waals surface area contributed by atoms with E-state index in [1.807, 2.05) is 20.8 Å². The summed E-state index contributed by atoms with van der Waals surface area (Å²) in [4.78, 5) is 13.6. The molecule has 0 aliphatic heterocycles. The highest BCUT2D eigenvalue weighted by atomic mass is 16.6. The normalized spacial score (nSPS) is 11.4. The van der Waals surface area contributed by atoms with Gasteiger partial charge in [0.1, 0.15) is 5.60 Å². The van der Waals surface area contributed by atoms with Crippen LogP contribution in [0.25, 0.3) is 0 Å². The van der Waals surface area contributed by atoms with E-state index in [2.05, 4.69) is 12.2 Å². The van der Waals surface area contributed by atoms with Crippen LogP contribution in [0.5, 0.6) is 0 Å². The van der Waals surface area contributed by atoms with Gasteiger partial charge in [0.25, 0.3) is 0 Å². The number of nitrogens with one attached hydrogen (secondary N) is 1. The molecule has 0 atom stereocenters. The molecule has 0 aliphatic carbocycles. The van der Waals surface area contributed by atoms with Gasteiger partial charge < -0.3 is 19.7 Å². The number of carbonyl (C=O) groups is 1. The first kappa shape index (κ1) is 17.2. The molecule has 0 unspecified atom stereocenters. The van der Waals surface area contributed by atoms with Crippen LogP contribution in [-0.2, 0) is 9.47 Å². The fourth-order valence-electron chi connectivity index (χ4n) is 1.34. The molecule has 0 aromatic heterocycles. The third-order valence-corrected chi connectivity index (χ3v) is 2.20. The molecule has 0 heterocycles. The molecule has 108 valence electrons. The van der Waals surface area contributed by atoms with Gasteiger partial charge in [-0.25, -0.2) is 4.79 Å². The highest BCUT2D eigenvalue weighted by Gasteiger charge is 2.21. The second kappa shape index (κ2) is 9.16. The largest absolute Gasteiger partial charge is 0.444 e. The number of hydrogen-bond donors (Lipinski definition) is 1. The summed E-state index contributed by atoms with van der Waals surface area (Å²) in [5, 5.41) is 3.27. The Morgan fingerprint density at radius 1 is 1.22 bits per heavy atom. The van der Waals surface area contributed by atoms with Crippen LogP contribution in [0.2, 0.25) is 0 Å². The number of nitrogens with zero attached hydrogens (tertiary/aromatic N) is 1. The molecule has 0 fully saturated rings. The van der Waals surface area contributed by atoms with Crippen LogP contribution in [0, 0.1) is 0 Å². The van der Waals surface area contributed by atoms with Gasteiger partial charge in [0.15, 0.2) is 0 Å². The van der Waals surface area contributed by atoms with E-state index in [0.29, 0.717) is 19.7 Å². The summed E-state index contributed by atoms with van der Waals surface area (Å²) in [5.74, 6) is 0. The van der Waals surface area contributed by atoms with Crippen LogP contribution in [0.3, 0.4) is 0 Å². The monoisotopic (exact) mass is 260 g/mol. The Balaban J connectivity index is 4.15. The molecule has 0 aromatic carbocycles. The van der Waals surface area contributed by atoms with E-state index < -0.39 is 5.60 Å². The van der Waals surface area contributed by atoms with Crippen LogP contribution in [0.4, 0.5) is 4.79 Å². The molecule has 5 nitrogen and oxygen atoms in total. The summed E-state index contributed by atoms with van der Waals surface area (Å²) in [6, 6.07) is 0. The summed E-state index contributed by atoms with van der Waals surface area (Å²) in [7, 11) is 1.63. The molecule has 0 aliphatic rings. The average Bonchev–Trinajstić information content (AvgIpc) is 2.25. The van der Waals surface area contributed by atoms with Crippen molar-refractivity contribution in [2.24, 2.45) is 0 Å². The molecule has 5 heteroatoms. The van der Waals surface area contributed by atoms with Crippen molar-refractivity contribution in [2.75, 3.05) is 39.9 Å². The molecule has 0 saturated heterocycles. The van der Waals surface area contributed by atoms with Gasteiger partial charge in [-0.15, -0.1) is 0 Å². The Bertz CT molecular complexity index is 227. The van der Waals surface area contributed by atoms with Gasteiger partial charge in [0.2, 0.25) is 0 Å². The van der Waals surface area contributed by atoms with Crippen LogP contribution < -0.4 is 5.32 Å². The zero-order chi connectivity index (χ0) is 14.0. The molecule has 1 N–H and O–H groups in total. The molecule has 0 spiro atoms. The molecule has 0 radical (unpaired) electrons. The zero-order valence-corrected chi connectivity index (χ0v) is 12.4. The lowest BCUT2D eigenvalue weighted by Gasteiger charge is -2.27. The predicted molar refractivity (Wildman–Crippen MR) is 72.8 cm³/mol. The van der Waals surface area contributed by atoms with Crippen LogP contribution in [-0.4, -0.2) is 56.5 Å². The minimum absolute atomic E-state index is 0.280. The van der Waals surface area contributed by atoms with Gasteiger partial charge in [-0.3, -0.25) is 0 Å². The van der Waals surface area contributed by atoms with Gasteiger partial charge in [-0.2, -0.15) is 0 Å². The fraction of sp³-hybridized carbons (Fsp3) is 0.923. The summed E-state index contributed by atoms with van der Waals surface area (Å²) in [6.45, 7) is 11.2. The maximum Gasteiger partial charge on any atom is 0.410 e. The first-order valence-corrected chi connectivity index (χ1v) is 6.58. The SMILES string of the molecule is CCCNCCN(CCOC)C(=O)OC(C)(C)C. The average molecular weight is 260 g/mol. The third kappa shape index (κ3) is 9.24. The molecular weight excluding hydrogens is 232 g/mol. The lowest BCUT2D eigenvalue weighted by atomic mass is 10.2. The number of hydrogen-bond acceptors (Lipinski definition) is 4. The molecule has 0 aromatic rings. The van der Waals surface area contributed by atoms with Crippen molar-refractivity contribution in [1.29, 1.82) is 0 Å². The Kier molecular flexibility index (Phi) is 8.75. The molecule has 0 rings (SSSR count). The van der Waals surface area contributed by atoms with Gasteiger partial charge in [0, 0.05) is 26.7 Å². The van der Waals surface area contributed by atoms with Gasteiger partial charge in [-0.05, 0) is 33.7 Å². The first-order valence-electron chi connectivity index (χ1n) is 6.58. The van der Waals surface area contributed by atoms with Crippen molar-refractivity contribution in [3.05, 3.63) is 0 Å². The lowest BCUT2D eigenvalue weighted by Crippen LogP contribution is -2.42. The Hall–Kier alpha value is -0.810. The summed E-state index contributed by atoms with van der Waals surface area (Å²) in [6.07, 6.45) is 0.808. The van der Waals surface area contributed by atoms with Crippen molar-refractivity contribution in [1.82, 2.24) is 10.2 Å². The maximum atomic E-state index is 11.9. The number of carbonyl (C=O) groups excluding carboxylic acids is 1. The summed E-state index contributed by atoms with van der Waals surface area (Å²) in [5.41, 5.74) is -0.459. The first-order chi connectivity index (χ1) is 8.40. The second-order valence-corrected chi connectivity index (χ2v) is 5.21. The highest BCUT2D eigenvalue weighted by Crippen LogP contribution is 2.09. The number of ether oxygens (including phenoxy) is 2. The molecule has 1 amide bonds. The highest BCUT2D eigenvalue weighted by molar-refractivity contribution is 5.68. The van der Waals surface area contributed by atoms with Gasteiger partial charge >= 0.3 is 6.09 Å². The van der Waals surface area contributed by atoms with E-state index >= 15 is 0 Å². The zero-order valence-electron chi connectivity index (χ0n) is 12.4. The van der Waals surface area contributed by atoms with E-state index in [1.54, 1.807) is 12.0 Å². The minimum atomic E-state index is -0.459. The molecule has 0 bridgehead atoms. The Morgan fingerprint density at radius 3 is 2.39 bits per heavy atom. The van der Waals surface area contributed by atoms with E-state index in [-0.39, 0.29) is 6.09 Å². The Morgan fingerprint density at radius 2 is 1.89 bits per heavy atom. The van der Waals surface area contributed by atoms with Crippen LogP contribution in [0.15, 0.2) is 0 Å². The Labute approximate surface area is 111 Å². The van der Waals surface area contributed by atoms with E-state index in [9.17, 15) is 4.79 Å². The summed E-state index contributed by atoms with van der Waals surface area (Å²) >= 11 is 0. The van der Waals surface area contributed by atoms with Crippen molar-refractivity contribution in [3.63, 3.8) is 0 Å². The molecular formula is C13H28N2O3. The van der Waals surface area contributed by atoms with Crippen molar-refractivity contribution >= 4 is 6.09 Å². The van der Waals surface area contributed by atoms with Crippen molar-refractivity contribution in [2.45, 2.75) is 39.7 Å². The van der Waals surface area contributed by atoms with Crippen LogP contribution in [0.1, 0.15) is 34.1 Å². The third-order valence-electron chi connectivity index (χ3n) is 2.20. The van der Waals surface area contributed by atoms with E-state index in [1.165, 1.54) is 0 Å². The summed E-state index contributed by atoms with van der Waals surface area (Å²) < 4.78 is 10.4. The number of amides is 1. The van der Waals surface area contributed by atoms with Gasteiger partial charge in [-0.1, -0.05) is 6.92 Å². The lowest BCUT2D eigenvalue weighted by molar-refractivity contribution is 0.0204. The predicted octanol–water partition coefficient (Wildman–Crippen LogP) is 1.87. The quantitative estimate of drug-likeness (QED) is 0.677.